The van der Waals surface area contributed by atoms with Gasteiger partial charge in [0.2, 0.25) is 5.91 Å². The van der Waals surface area contributed by atoms with Crippen molar-refractivity contribution in [2.45, 2.75) is 51.9 Å². The minimum absolute atomic E-state index is 0. The molecule has 1 aromatic carbocycles. The molecule has 27 heavy (non-hydrogen) atoms. The molecule has 1 saturated carbocycles. The van der Waals surface area contributed by atoms with E-state index in [1.54, 1.807) is 13.0 Å². The summed E-state index contributed by atoms with van der Waals surface area (Å²) < 4.78 is 47.5. The highest BCUT2D eigenvalue weighted by atomic mass is 35.5. The zero-order valence-electron chi connectivity index (χ0n) is 15.8. The van der Waals surface area contributed by atoms with Crippen LogP contribution < -0.4 is 15.8 Å². The summed E-state index contributed by atoms with van der Waals surface area (Å²) in [5, 5.41) is 2.73. The smallest absolute Gasteiger partial charge is 0.422 e. The van der Waals surface area contributed by atoms with E-state index in [-0.39, 0.29) is 24.3 Å². The van der Waals surface area contributed by atoms with Crippen molar-refractivity contribution in [2.24, 2.45) is 11.1 Å². The Labute approximate surface area is 163 Å². The number of benzene rings is 1. The van der Waals surface area contributed by atoms with Gasteiger partial charge in [-0.25, -0.2) is 0 Å². The third kappa shape index (κ3) is 4.67. The second kappa shape index (κ2) is 8.24. The zero-order valence-corrected chi connectivity index (χ0v) is 16.6. The Kier molecular flexibility index (Phi) is 7.18. The van der Waals surface area contributed by atoms with Gasteiger partial charge in [0.15, 0.2) is 6.61 Å². The molecule has 2 rings (SSSR count). The summed E-state index contributed by atoms with van der Waals surface area (Å²) in [6.07, 6.45) is -4.17. The van der Waals surface area contributed by atoms with Gasteiger partial charge in [0.25, 0.3) is 0 Å². The SMILES string of the molecule is CCOC1CC(N)(C(=O)Nc2cccc(OCC(F)(F)F)c2C)C1(C)C.Cl. The molecular formula is C18H26ClF3N2O3. The maximum Gasteiger partial charge on any atom is 0.422 e. The summed E-state index contributed by atoms with van der Waals surface area (Å²) in [4.78, 5) is 12.8. The van der Waals surface area contributed by atoms with Crippen LogP contribution in [0.1, 0.15) is 32.8 Å². The van der Waals surface area contributed by atoms with Crippen LogP contribution in [0, 0.1) is 12.3 Å². The van der Waals surface area contributed by atoms with E-state index in [1.807, 2.05) is 20.8 Å². The Morgan fingerprint density at radius 3 is 2.52 bits per heavy atom. The van der Waals surface area contributed by atoms with E-state index in [0.29, 0.717) is 24.3 Å². The maximum atomic E-state index is 12.8. The zero-order chi connectivity index (χ0) is 19.8. The van der Waals surface area contributed by atoms with E-state index in [1.165, 1.54) is 12.1 Å². The lowest BCUT2D eigenvalue weighted by molar-refractivity contribution is -0.166. The summed E-state index contributed by atoms with van der Waals surface area (Å²) in [5.74, 6) is -0.333. The van der Waals surface area contributed by atoms with Crippen molar-refractivity contribution in [3.05, 3.63) is 23.8 Å². The molecule has 1 fully saturated rings. The van der Waals surface area contributed by atoms with Crippen LogP contribution in [0.3, 0.4) is 0 Å². The van der Waals surface area contributed by atoms with E-state index >= 15 is 0 Å². The quantitative estimate of drug-likeness (QED) is 0.747. The van der Waals surface area contributed by atoms with E-state index in [9.17, 15) is 18.0 Å². The fraction of sp³-hybridized carbons (Fsp3) is 0.611. The van der Waals surface area contributed by atoms with Gasteiger partial charge in [-0.2, -0.15) is 13.2 Å². The first-order chi connectivity index (χ1) is 11.9. The van der Waals surface area contributed by atoms with Gasteiger partial charge in [0.05, 0.1) is 6.10 Å². The molecule has 0 radical (unpaired) electrons. The average Bonchev–Trinajstić information content (AvgIpc) is 2.54. The highest BCUT2D eigenvalue weighted by Gasteiger charge is 2.62. The normalized spacial score (nSPS) is 23.8. The summed E-state index contributed by atoms with van der Waals surface area (Å²) in [6.45, 7) is 6.33. The lowest BCUT2D eigenvalue weighted by Gasteiger charge is -2.57. The molecule has 1 amide bonds. The van der Waals surface area contributed by atoms with Crippen molar-refractivity contribution in [3.8, 4) is 5.75 Å². The lowest BCUT2D eigenvalue weighted by atomic mass is 9.54. The molecule has 0 spiro atoms. The highest BCUT2D eigenvalue weighted by Crippen LogP contribution is 2.50. The third-order valence-electron chi connectivity index (χ3n) is 5.16. The standard InChI is InChI=1S/C18H25F3N2O3.ClH/c1-5-25-14-9-17(22,16(14,3)4)15(24)23-12-7-6-8-13(11(12)2)26-10-18(19,20)21;/h6-8,14H,5,9-10,22H2,1-4H3,(H,23,24);1H. The second-order valence-corrected chi connectivity index (χ2v) is 7.13. The van der Waals surface area contributed by atoms with Crippen LogP contribution in [0.5, 0.6) is 5.75 Å². The predicted molar refractivity (Wildman–Crippen MR) is 99.3 cm³/mol. The van der Waals surface area contributed by atoms with Crippen molar-refractivity contribution >= 4 is 24.0 Å². The second-order valence-electron chi connectivity index (χ2n) is 7.13. The first-order valence-electron chi connectivity index (χ1n) is 8.43. The Bertz CT molecular complexity index is 682. The van der Waals surface area contributed by atoms with E-state index in [2.05, 4.69) is 5.32 Å². The number of carbonyl (C=O) groups is 1. The number of halogens is 4. The van der Waals surface area contributed by atoms with Crippen LogP contribution in [0.4, 0.5) is 18.9 Å². The number of hydrogen-bond acceptors (Lipinski definition) is 4. The fourth-order valence-electron chi connectivity index (χ4n) is 3.12. The molecule has 1 aliphatic carbocycles. The van der Waals surface area contributed by atoms with E-state index < -0.39 is 29.6 Å². The fourth-order valence-corrected chi connectivity index (χ4v) is 3.12. The van der Waals surface area contributed by atoms with Crippen molar-refractivity contribution in [3.63, 3.8) is 0 Å². The number of anilines is 1. The Morgan fingerprint density at radius 2 is 2.00 bits per heavy atom. The van der Waals surface area contributed by atoms with Crippen LogP contribution >= 0.6 is 12.4 Å². The molecule has 1 aromatic rings. The molecule has 3 N–H and O–H groups in total. The van der Waals surface area contributed by atoms with E-state index in [0.717, 1.165) is 0 Å². The summed E-state index contributed by atoms with van der Waals surface area (Å²) in [5.41, 5.74) is 5.42. The topological polar surface area (TPSA) is 73.6 Å². The minimum Gasteiger partial charge on any atom is -0.484 e. The molecule has 154 valence electrons. The molecule has 0 saturated heterocycles. The molecule has 0 bridgehead atoms. The first kappa shape index (κ1) is 23.5. The third-order valence-corrected chi connectivity index (χ3v) is 5.16. The summed E-state index contributed by atoms with van der Waals surface area (Å²) in [6, 6.07) is 4.54. The van der Waals surface area contributed by atoms with Crippen molar-refractivity contribution in [2.75, 3.05) is 18.5 Å². The Morgan fingerprint density at radius 1 is 1.37 bits per heavy atom. The molecule has 1 aliphatic rings. The molecule has 0 aromatic heterocycles. The molecule has 9 heteroatoms. The van der Waals surface area contributed by atoms with Crippen LogP contribution in [0.2, 0.25) is 0 Å². The van der Waals surface area contributed by atoms with Gasteiger partial charge in [-0.1, -0.05) is 19.9 Å². The first-order valence-corrected chi connectivity index (χ1v) is 8.43. The monoisotopic (exact) mass is 410 g/mol. The number of nitrogens with two attached hydrogens (primary N) is 1. The van der Waals surface area contributed by atoms with Crippen LogP contribution in [-0.2, 0) is 9.53 Å². The van der Waals surface area contributed by atoms with Gasteiger partial charge < -0.3 is 20.5 Å². The van der Waals surface area contributed by atoms with Gasteiger partial charge in [0.1, 0.15) is 11.3 Å². The highest BCUT2D eigenvalue weighted by molar-refractivity contribution is 6.00. The number of carbonyl (C=O) groups excluding carboxylic acids is 1. The van der Waals surface area contributed by atoms with Gasteiger partial charge in [-0.15, -0.1) is 12.4 Å². The minimum atomic E-state index is -4.43. The van der Waals surface area contributed by atoms with Gasteiger partial charge in [0, 0.05) is 29.7 Å². The van der Waals surface area contributed by atoms with Crippen molar-refractivity contribution in [1.29, 1.82) is 0 Å². The Hall–Kier alpha value is -1.51. The molecule has 2 atom stereocenters. The molecule has 5 nitrogen and oxygen atoms in total. The van der Waals surface area contributed by atoms with Crippen LogP contribution in [0.15, 0.2) is 18.2 Å². The number of rotatable bonds is 6. The van der Waals surface area contributed by atoms with Gasteiger partial charge in [-0.3, -0.25) is 4.79 Å². The van der Waals surface area contributed by atoms with Crippen molar-refractivity contribution in [1.82, 2.24) is 0 Å². The van der Waals surface area contributed by atoms with Gasteiger partial charge in [-0.05, 0) is 26.0 Å². The molecule has 0 heterocycles. The van der Waals surface area contributed by atoms with E-state index in [4.69, 9.17) is 15.2 Å². The number of alkyl halides is 3. The number of nitrogens with one attached hydrogen (secondary N) is 1. The summed E-state index contributed by atoms with van der Waals surface area (Å²) >= 11 is 0. The lowest BCUT2D eigenvalue weighted by Crippen LogP contribution is -2.74. The molecule has 2 unspecified atom stereocenters. The number of ether oxygens (including phenoxy) is 2. The predicted octanol–water partition coefficient (Wildman–Crippen LogP) is 3.83. The van der Waals surface area contributed by atoms with Gasteiger partial charge >= 0.3 is 6.18 Å². The van der Waals surface area contributed by atoms with Crippen LogP contribution in [-0.4, -0.2) is 36.9 Å². The number of amides is 1. The number of hydrogen-bond donors (Lipinski definition) is 2. The van der Waals surface area contributed by atoms with Crippen molar-refractivity contribution < 1.29 is 27.4 Å². The Balaban J connectivity index is 0.00000364. The molecule has 0 aliphatic heterocycles. The maximum absolute atomic E-state index is 12.8. The largest absolute Gasteiger partial charge is 0.484 e. The average molecular weight is 411 g/mol. The molecular weight excluding hydrogens is 385 g/mol. The van der Waals surface area contributed by atoms with Crippen LogP contribution in [0.25, 0.3) is 0 Å². The summed E-state index contributed by atoms with van der Waals surface area (Å²) in [7, 11) is 0.